The Bertz CT molecular complexity index is 284. The van der Waals surface area contributed by atoms with Gasteiger partial charge in [-0.05, 0) is 17.8 Å². The molecule has 0 aliphatic rings. The van der Waals surface area contributed by atoms with E-state index in [-0.39, 0.29) is 0 Å². The third-order valence-corrected chi connectivity index (χ3v) is 3.40. The average Bonchev–Trinajstić information content (AvgIpc) is 2.48. The third kappa shape index (κ3) is 2.86. The summed E-state index contributed by atoms with van der Waals surface area (Å²) >= 11 is 0. The Morgan fingerprint density at radius 1 is 1.36 bits per heavy atom. The van der Waals surface area contributed by atoms with Crippen LogP contribution in [-0.2, 0) is 13.6 Å². The van der Waals surface area contributed by atoms with Crippen LogP contribution in [0, 0.1) is 11.3 Å². The Hall–Kier alpha value is -0.790. The second kappa shape index (κ2) is 4.16. The Morgan fingerprint density at radius 2 is 2.00 bits per heavy atom. The number of imidazole rings is 1. The minimum atomic E-state index is 0.433. The quantitative estimate of drug-likeness (QED) is 0.652. The number of hydrogen-bond acceptors (Lipinski definition) is 0. The molecule has 0 unspecified atom stereocenters. The Balaban J connectivity index is 2.48. The van der Waals surface area contributed by atoms with Crippen LogP contribution in [0.15, 0.2) is 18.7 Å². The lowest BCUT2D eigenvalue weighted by molar-refractivity contribution is -0.671. The highest BCUT2D eigenvalue weighted by Gasteiger charge is 2.22. The predicted molar refractivity (Wildman–Crippen MR) is 58.8 cm³/mol. The number of aryl methyl sites for hydroxylation is 2. The predicted octanol–water partition coefficient (Wildman–Crippen LogP) is 2.38. The van der Waals surface area contributed by atoms with E-state index in [9.17, 15) is 0 Å². The van der Waals surface area contributed by atoms with Crippen molar-refractivity contribution in [2.45, 2.75) is 40.7 Å². The van der Waals surface area contributed by atoms with Crippen molar-refractivity contribution in [3.8, 4) is 0 Å². The molecule has 0 aromatic carbocycles. The molecule has 14 heavy (non-hydrogen) atoms. The maximum Gasteiger partial charge on any atom is 0.243 e. The summed E-state index contributed by atoms with van der Waals surface area (Å²) in [7, 11) is 2.06. The van der Waals surface area contributed by atoms with Gasteiger partial charge in [0.1, 0.15) is 12.4 Å². The first-order valence-corrected chi connectivity index (χ1v) is 5.43. The van der Waals surface area contributed by atoms with Crippen LogP contribution in [0.2, 0.25) is 0 Å². The molecule has 1 aromatic rings. The number of hydrogen-bond donors (Lipinski definition) is 0. The molecule has 0 atom stereocenters. The molecule has 1 heterocycles. The molecular formula is C12H23N2+. The lowest BCUT2D eigenvalue weighted by atomic mass is 9.78. The van der Waals surface area contributed by atoms with Crippen LogP contribution in [-0.4, -0.2) is 4.57 Å². The van der Waals surface area contributed by atoms with E-state index < -0.39 is 0 Å². The third-order valence-electron chi connectivity index (χ3n) is 3.40. The van der Waals surface area contributed by atoms with Crippen LogP contribution in [0.1, 0.15) is 34.1 Å². The summed E-state index contributed by atoms with van der Waals surface area (Å²) in [6.45, 7) is 10.4. The molecule has 0 spiro atoms. The number of aromatic nitrogens is 2. The van der Waals surface area contributed by atoms with Gasteiger partial charge in [0.15, 0.2) is 0 Å². The van der Waals surface area contributed by atoms with Crippen molar-refractivity contribution < 1.29 is 4.57 Å². The first-order valence-electron chi connectivity index (χ1n) is 5.43. The highest BCUT2D eigenvalue weighted by atomic mass is 15.1. The summed E-state index contributed by atoms with van der Waals surface area (Å²) in [4.78, 5) is 0. The average molecular weight is 195 g/mol. The van der Waals surface area contributed by atoms with Crippen LogP contribution in [0.3, 0.4) is 0 Å². The van der Waals surface area contributed by atoms with Gasteiger partial charge in [-0.2, -0.15) is 0 Å². The standard InChI is InChI=1S/C12H23N2/c1-11(2)12(3,4)6-7-14-9-8-13(5)10-14/h8-11H,6-7H2,1-5H3/q+1. The second-order valence-electron chi connectivity index (χ2n) is 5.21. The van der Waals surface area contributed by atoms with Crippen LogP contribution in [0.4, 0.5) is 0 Å². The maximum absolute atomic E-state index is 2.35. The molecule has 0 amide bonds. The summed E-state index contributed by atoms with van der Waals surface area (Å²) in [5.41, 5.74) is 0.433. The molecule has 1 rings (SSSR count). The van der Waals surface area contributed by atoms with Crippen LogP contribution >= 0.6 is 0 Å². The second-order valence-corrected chi connectivity index (χ2v) is 5.21. The van der Waals surface area contributed by atoms with Crippen molar-refractivity contribution in [3.05, 3.63) is 18.7 Å². The van der Waals surface area contributed by atoms with Crippen molar-refractivity contribution in [3.63, 3.8) is 0 Å². The van der Waals surface area contributed by atoms with Gasteiger partial charge in [0.05, 0.1) is 13.6 Å². The van der Waals surface area contributed by atoms with E-state index in [1.54, 1.807) is 0 Å². The molecule has 0 radical (unpaired) electrons. The number of nitrogens with zero attached hydrogens (tertiary/aromatic N) is 2. The first kappa shape index (κ1) is 11.3. The SMILES string of the molecule is CC(C)C(C)(C)CCn1cc[n+](C)c1. The normalized spacial score (nSPS) is 12.4. The molecule has 1 aromatic heterocycles. The van der Waals surface area contributed by atoms with Crippen molar-refractivity contribution in [2.24, 2.45) is 18.4 Å². The summed E-state index contributed by atoms with van der Waals surface area (Å²) in [6.07, 6.45) is 7.59. The maximum atomic E-state index is 2.35. The van der Waals surface area contributed by atoms with Gasteiger partial charge < -0.3 is 0 Å². The lowest BCUT2D eigenvalue weighted by Gasteiger charge is -2.28. The van der Waals surface area contributed by atoms with Crippen molar-refractivity contribution in [2.75, 3.05) is 0 Å². The molecule has 80 valence electrons. The smallest absolute Gasteiger partial charge is 0.240 e. The van der Waals surface area contributed by atoms with Gasteiger partial charge in [0.2, 0.25) is 6.33 Å². The van der Waals surface area contributed by atoms with Crippen LogP contribution in [0.5, 0.6) is 0 Å². The summed E-state index contributed by atoms with van der Waals surface area (Å²) in [5.74, 6) is 0.742. The van der Waals surface area contributed by atoms with E-state index in [4.69, 9.17) is 0 Å². The van der Waals surface area contributed by atoms with Crippen LogP contribution in [0.25, 0.3) is 0 Å². The highest BCUT2D eigenvalue weighted by molar-refractivity contribution is 4.74. The molecule has 0 aliphatic carbocycles. The van der Waals surface area contributed by atoms with E-state index >= 15 is 0 Å². The van der Waals surface area contributed by atoms with E-state index in [1.165, 1.54) is 6.42 Å². The van der Waals surface area contributed by atoms with E-state index in [0.717, 1.165) is 12.5 Å². The topological polar surface area (TPSA) is 8.81 Å². The molecule has 0 saturated carbocycles. The lowest BCUT2D eigenvalue weighted by Crippen LogP contribution is -2.25. The molecule has 2 nitrogen and oxygen atoms in total. The van der Waals surface area contributed by atoms with Gasteiger partial charge in [-0.25, -0.2) is 9.13 Å². The molecular weight excluding hydrogens is 172 g/mol. The fourth-order valence-electron chi connectivity index (χ4n) is 1.34. The van der Waals surface area contributed by atoms with E-state index in [0.29, 0.717) is 5.41 Å². The van der Waals surface area contributed by atoms with Gasteiger partial charge in [-0.3, -0.25) is 0 Å². The molecule has 0 bridgehead atoms. The fraction of sp³-hybridized carbons (Fsp3) is 0.750. The van der Waals surface area contributed by atoms with Crippen molar-refractivity contribution in [1.82, 2.24) is 4.57 Å². The molecule has 0 aliphatic heterocycles. The minimum absolute atomic E-state index is 0.433. The van der Waals surface area contributed by atoms with Gasteiger partial charge in [-0.1, -0.05) is 27.7 Å². The Kier molecular flexibility index (Phi) is 3.35. The zero-order valence-electron chi connectivity index (χ0n) is 10.1. The first-order chi connectivity index (χ1) is 6.42. The number of rotatable bonds is 4. The summed E-state index contributed by atoms with van der Waals surface area (Å²) in [6, 6.07) is 0. The van der Waals surface area contributed by atoms with Gasteiger partial charge in [-0.15, -0.1) is 0 Å². The molecule has 0 saturated heterocycles. The van der Waals surface area contributed by atoms with Crippen molar-refractivity contribution in [1.29, 1.82) is 0 Å². The minimum Gasteiger partial charge on any atom is -0.240 e. The monoisotopic (exact) mass is 195 g/mol. The summed E-state index contributed by atoms with van der Waals surface area (Å²) < 4.78 is 4.34. The fourth-order valence-corrected chi connectivity index (χ4v) is 1.34. The highest BCUT2D eigenvalue weighted by Crippen LogP contribution is 2.30. The molecule has 0 N–H and O–H groups in total. The largest absolute Gasteiger partial charge is 0.243 e. The van der Waals surface area contributed by atoms with Crippen LogP contribution < -0.4 is 4.57 Å². The van der Waals surface area contributed by atoms with Gasteiger partial charge in [0, 0.05) is 0 Å². The molecule has 2 heteroatoms. The Morgan fingerprint density at radius 3 is 2.43 bits per heavy atom. The van der Waals surface area contributed by atoms with E-state index in [2.05, 4.69) is 62.6 Å². The van der Waals surface area contributed by atoms with E-state index in [1.807, 2.05) is 0 Å². The van der Waals surface area contributed by atoms with Gasteiger partial charge >= 0.3 is 0 Å². The Labute approximate surface area is 87.6 Å². The zero-order chi connectivity index (χ0) is 10.8. The van der Waals surface area contributed by atoms with Crippen molar-refractivity contribution >= 4 is 0 Å². The summed E-state index contributed by atoms with van der Waals surface area (Å²) in [5, 5.41) is 0. The van der Waals surface area contributed by atoms with Gasteiger partial charge in [0.25, 0.3) is 0 Å². The molecule has 0 fully saturated rings. The zero-order valence-corrected chi connectivity index (χ0v) is 10.1.